The van der Waals surface area contributed by atoms with E-state index < -0.39 is 44.4 Å². The van der Waals surface area contributed by atoms with Crippen LogP contribution >= 0.6 is 0 Å². The van der Waals surface area contributed by atoms with E-state index in [1.54, 1.807) is 20.8 Å². The van der Waals surface area contributed by atoms with Gasteiger partial charge in [-0.15, -0.1) is 0 Å². The number of fused-ring (bicyclic) bond motifs is 1. The second kappa shape index (κ2) is 10.5. The first-order valence-corrected chi connectivity index (χ1v) is 13.2. The topological polar surface area (TPSA) is 106 Å². The Balaban J connectivity index is 2.51. The molecule has 0 atom stereocenters. The average molecular weight is 573 g/mol. The summed E-state index contributed by atoms with van der Waals surface area (Å²) in [5, 5.41) is 9.81. The standard InChI is InChI=1S/C26H28F4N2O6S/c1-15(2)13-31-21(14-32(24(34)35)25(3,4)5)22(18-8-6-7-9-20(18)27)19-12-16(10-11-17(19)23(31)33)38-39(36,37)26(28,29)30/h6-12,15H,13-14H2,1-5H3,(H,34,35). The molecule has 3 aromatic rings. The van der Waals surface area contributed by atoms with Crippen molar-refractivity contribution in [3.05, 3.63) is 64.3 Å². The molecule has 212 valence electrons. The fourth-order valence-corrected chi connectivity index (χ4v) is 4.58. The van der Waals surface area contributed by atoms with E-state index in [2.05, 4.69) is 4.18 Å². The number of pyridine rings is 1. The van der Waals surface area contributed by atoms with Crippen LogP contribution in [0.1, 0.15) is 40.3 Å². The molecular weight excluding hydrogens is 544 g/mol. The molecule has 3 rings (SSSR count). The molecule has 0 fully saturated rings. The average Bonchev–Trinajstić information content (AvgIpc) is 2.78. The number of hydrogen-bond donors (Lipinski definition) is 1. The molecule has 0 saturated heterocycles. The van der Waals surface area contributed by atoms with Crippen molar-refractivity contribution in [3.63, 3.8) is 0 Å². The third-order valence-electron chi connectivity index (χ3n) is 5.88. The Labute approximate surface area is 222 Å². The molecule has 13 heteroatoms. The highest BCUT2D eigenvalue weighted by Gasteiger charge is 2.48. The predicted octanol–water partition coefficient (Wildman–Crippen LogP) is 5.97. The van der Waals surface area contributed by atoms with Crippen LogP contribution in [-0.4, -0.2) is 40.1 Å². The number of amides is 1. The summed E-state index contributed by atoms with van der Waals surface area (Å²) >= 11 is 0. The van der Waals surface area contributed by atoms with E-state index in [0.29, 0.717) is 0 Å². The summed E-state index contributed by atoms with van der Waals surface area (Å²) in [6, 6.07) is 8.33. The highest BCUT2D eigenvalue weighted by molar-refractivity contribution is 7.88. The molecule has 1 N–H and O–H groups in total. The first-order chi connectivity index (χ1) is 17.8. The summed E-state index contributed by atoms with van der Waals surface area (Å²) < 4.78 is 83.1. The third kappa shape index (κ3) is 6.18. The zero-order valence-corrected chi connectivity index (χ0v) is 22.7. The number of carbonyl (C=O) groups is 1. The zero-order chi connectivity index (χ0) is 29.5. The molecule has 0 saturated carbocycles. The number of alkyl halides is 3. The van der Waals surface area contributed by atoms with Gasteiger partial charge in [-0.3, -0.25) is 9.69 Å². The van der Waals surface area contributed by atoms with Gasteiger partial charge >= 0.3 is 21.7 Å². The maximum atomic E-state index is 15.2. The maximum absolute atomic E-state index is 15.2. The van der Waals surface area contributed by atoms with Gasteiger partial charge < -0.3 is 13.9 Å². The molecule has 1 heterocycles. The summed E-state index contributed by atoms with van der Waals surface area (Å²) in [6.45, 7) is 8.26. The van der Waals surface area contributed by atoms with Crippen molar-refractivity contribution < 1.29 is 40.1 Å². The molecular formula is C26H28F4N2O6S. The van der Waals surface area contributed by atoms with Gasteiger partial charge in [0.15, 0.2) is 0 Å². The van der Waals surface area contributed by atoms with Gasteiger partial charge in [-0.25, -0.2) is 9.18 Å². The van der Waals surface area contributed by atoms with Crippen LogP contribution in [0.3, 0.4) is 0 Å². The largest absolute Gasteiger partial charge is 0.534 e. The van der Waals surface area contributed by atoms with Crippen LogP contribution in [0.15, 0.2) is 47.3 Å². The lowest BCUT2D eigenvalue weighted by Crippen LogP contribution is -2.45. The van der Waals surface area contributed by atoms with Gasteiger partial charge in [0.25, 0.3) is 5.56 Å². The van der Waals surface area contributed by atoms with E-state index in [-0.39, 0.29) is 46.6 Å². The van der Waals surface area contributed by atoms with Crippen molar-refractivity contribution in [2.45, 2.75) is 58.8 Å². The molecule has 0 aliphatic carbocycles. The van der Waals surface area contributed by atoms with Gasteiger partial charge in [-0.1, -0.05) is 32.0 Å². The summed E-state index contributed by atoms with van der Waals surface area (Å²) in [4.78, 5) is 26.9. The number of nitrogens with zero attached hydrogens (tertiary/aromatic N) is 2. The molecule has 39 heavy (non-hydrogen) atoms. The van der Waals surface area contributed by atoms with Crippen LogP contribution < -0.4 is 9.74 Å². The van der Waals surface area contributed by atoms with Crippen molar-refractivity contribution in [1.29, 1.82) is 0 Å². The number of aromatic nitrogens is 1. The Bertz CT molecular complexity index is 1570. The van der Waals surface area contributed by atoms with Crippen LogP contribution in [0, 0.1) is 11.7 Å². The number of benzene rings is 2. The Morgan fingerprint density at radius 3 is 2.21 bits per heavy atom. The molecule has 0 aliphatic rings. The SMILES string of the molecule is CC(C)Cn1c(CN(C(=O)O)C(C)(C)C)c(-c2ccccc2F)c2cc(OS(=O)(=O)C(F)(F)F)ccc2c1=O. The van der Waals surface area contributed by atoms with Crippen LogP contribution in [0.25, 0.3) is 21.9 Å². The van der Waals surface area contributed by atoms with E-state index in [1.807, 2.05) is 13.8 Å². The van der Waals surface area contributed by atoms with Gasteiger partial charge in [0, 0.05) is 39.7 Å². The van der Waals surface area contributed by atoms with Gasteiger partial charge in [0.05, 0.1) is 6.54 Å². The molecule has 0 unspecified atom stereocenters. The number of halogens is 4. The number of rotatable bonds is 7. The molecule has 8 nitrogen and oxygen atoms in total. The third-order valence-corrected chi connectivity index (χ3v) is 6.86. The monoisotopic (exact) mass is 572 g/mol. The fraction of sp³-hybridized carbons (Fsp3) is 0.385. The minimum Gasteiger partial charge on any atom is -0.465 e. The van der Waals surface area contributed by atoms with Gasteiger partial charge in [-0.05, 0) is 51.0 Å². The van der Waals surface area contributed by atoms with Crippen LogP contribution in [-0.2, 0) is 23.2 Å². The lowest BCUT2D eigenvalue weighted by Gasteiger charge is -2.35. The summed E-state index contributed by atoms with van der Waals surface area (Å²) in [6.07, 6.45) is -1.32. The number of carboxylic acid groups (broad SMARTS) is 1. The van der Waals surface area contributed by atoms with Crippen LogP contribution in [0.2, 0.25) is 0 Å². The first kappa shape index (κ1) is 29.9. The Hall–Kier alpha value is -3.61. The Morgan fingerprint density at radius 2 is 1.69 bits per heavy atom. The highest BCUT2D eigenvalue weighted by atomic mass is 32.2. The van der Waals surface area contributed by atoms with E-state index in [9.17, 15) is 36.3 Å². The minimum atomic E-state index is -6.04. The van der Waals surface area contributed by atoms with Crippen molar-refractivity contribution >= 4 is 27.0 Å². The lowest BCUT2D eigenvalue weighted by atomic mass is 9.94. The maximum Gasteiger partial charge on any atom is 0.534 e. The fourth-order valence-electron chi connectivity index (χ4n) is 4.13. The summed E-state index contributed by atoms with van der Waals surface area (Å²) in [5.74, 6) is -1.61. The second-order valence-corrected chi connectivity index (χ2v) is 11.9. The Morgan fingerprint density at radius 1 is 1.08 bits per heavy atom. The molecule has 0 spiro atoms. The molecule has 2 aromatic carbocycles. The molecule has 0 bridgehead atoms. The van der Waals surface area contributed by atoms with Crippen LogP contribution in [0.4, 0.5) is 22.4 Å². The first-order valence-electron chi connectivity index (χ1n) is 11.8. The van der Waals surface area contributed by atoms with E-state index in [1.165, 1.54) is 22.8 Å². The lowest BCUT2D eigenvalue weighted by molar-refractivity contribution is -0.0500. The van der Waals surface area contributed by atoms with Crippen molar-refractivity contribution in [2.75, 3.05) is 0 Å². The van der Waals surface area contributed by atoms with E-state index in [0.717, 1.165) is 29.2 Å². The van der Waals surface area contributed by atoms with Crippen LogP contribution in [0.5, 0.6) is 5.75 Å². The normalized spacial score (nSPS) is 12.7. The molecule has 0 radical (unpaired) electrons. The minimum absolute atomic E-state index is 0.0220. The molecule has 0 aliphatic heterocycles. The highest BCUT2D eigenvalue weighted by Crippen LogP contribution is 2.37. The summed E-state index contributed by atoms with van der Waals surface area (Å²) in [5.41, 5.74) is -7.24. The summed E-state index contributed by atoms with van der Waals surface area (Å²) in [7, 11) is -6.04. The zero-order valence-electron chi connectivity index (χ0n) is 21.8. The Kier molecular flexibility index (Phi) is 8.07. The van der Waals surface area contributed by atoms with Gasteiger partial charge in [0.1, 0.15) is 11.6 Å². The van der Waals surface area contributed by atoms with Gasteiger partial charge in [0.2, 0.25) is 0 Å². The van der Waals surface area contributed by atoms with Crippen molar-refractivity contribution in [2.24, 2.45) is 5.92 Å². The predicted molar refractivity (Wildman–Crippen MR) is 137 cm³/mol. The molecule has 1 amide bonds. The van der Waals surface area contributed by atoms with E-state index in [4.69, 9.17) is 0 Å². The van der Waals surface area contributed by atoms with Gasteiger partial charge in [-0.2, -0.15) is 21.6 Å². The van der Waals surface area contributed by atoms with E-state index >= 15 is 4.39 Å². The second-order valence-electron chi connectivity index (χ2n) is 10.3. The smallest absolute Gasteiger partial charge is 0.465 e. The van der Waals surface area contributed by atoms with Crippen molar-refractivity contribution in [3.8, 4) is 16.9 Å². The molecule has 1 aromatic heterocycles. The number of hydrogen-bond acceptors (Lipinski definition) is 5. The van der Waals surface area contributed by atoms with Crippen molar-refractivity contribution in [1.82, 2.24) is 9.47 Å². The quantitative estimate of drug-likeness (QED) is 0.212.